The van der Waals surface area contributed by atoms with Crippen molar-refractivity contribution in [1.82, 2.24) is 0 Å². The van der Waals surface area contributed by atoms with Crippen molar-refractivity contribution in [1.29, 1.82) is 0 Å². The van der Waals surface area contributed by atoms with Gasteiger partial charge in [0, 0.05) is 25.6 Å². The zero-order chi connectivity index (χ0) is 12.3. The van der Waals surface area contributed by atoms with Crippen molar-refractivity contribution >= 4 is 52.2 Å². The first-order chi connectivity index (χ1) is 8.72. The summed E-state index contributed by atoms with van der Waals surface area (Å²) in [6.45, 7) is 0. The number of benzene rings is 2. The highest BCUT2D eigenvalue weighted by molar-refractivity contribution is 7.44. The van der Waals surface area contributed by atoms with Crippen molar-refractivity contribution < 1.29 is 8.78 Å². The molecular formula is C14H6F2S2. The van der Waals surface area contributed by atoms with Crippen LogP contribution in [0.5, 0.6) is 0 Å². The first kappa shape index (κ1) is 10.4. The van der Waals surface area contributed by atoms with E-state index in [0.29, 0.717) is 0 Å². The van der Waals surface area contributed by atoms with Gasteiger partial charge in [-0.2, -0.15) is 0 Å². The summed E-state index contributed by atoms with van der Waals surface area (Å²) < 4.78 is 29.4. The molecule has 0 saturated carbocycles. The quantitative estimate of drug-likeness (QED) is 0.395. The van der Waals surface area contributed by atoms with Crippen LogP contribution in [0.3, 0.4) is 0 Å². The van der Waals surface area contributed by atoms with Crippen molar-refractivity contribution in [2.24, 2.45) is 0 Å². The van der Waals surface area contributed by atoms with Gasteiger partial charge in [0.15, 0.2) is 0 Å². The first-order valence-electron chi connectivity index (χ1n) is 5.42. The van der Waals surface area contributed by atoms with Crippen LogP contribution < -0.4 is 0 Å². The molecule has 0 nitrogen and oxygen atoms in total. The highest BCUT2D eigenvalue weighted by atomic mass is 32.2. The smallest absolute Gasteiger partial charge is 0.124 e. The van der Waals surface area contributed by atoms with Crippen LogP contribution in [0.1, 0.15) is 0 Å². The molecule has 2 aromatic carbocycles. The second kappa shape index (κ2) is 3.49. The maximum atomic E-state index is 13.2. The topological polar surface area (TPSA) is 0 Å². The van der Waals surface area contributed by atoms with Crippen molar-refractivity contribution in [3.63, 3.8) is 0 Å². The van der Waals surface area contributed by atoms with E-state index >= 15 is 0 Å². The van der Waals surface area contributed by atoms with Crippen LogP contribution in [0.2, 0.25) is 0 Å². The predicted octanol–water partition coefficient (Wildman–Crippen LogP) is 5.55. The Labute approximate surface area is 109 Å². The Morgan fingerprint density at radius 2 is 1.22 bits per heavy atom. The Morgan fingerprint density at radius 3 is 1.72 bits per heavy atom. The lowest BCUT2D eigenvalue weighted by Gasteiger charge is -1.93. The number of halogens is 2. The van der Waals surface area contributed by atoms with Gasteiger partial charge in [0.25, 0.3) is 0 Å². The summed E-state index contributed by atoms with van der Waals surface area (Å²) >= 11 is 3.13. The van der Waals surface area contributed by atoms with E-state index < -0.39 is 0 Å². The van der Waals surface area contributed by atoms with E-state index in [1.165, 1.54) is 12.1 Å². The third kappa shape index (κ3) is 1.33. The van der Waals surface area contributed by atoms with E-state index in [0.717, 1.165) is 29.6 Å². The summed E-state index contributed by atoms with van der Waals surface area (Å²) in [5, 5.41) is 3.22. The fourth-order valence-electron chi connectivity index (χ4n) is 2.26. The van der Waals surface area contributed by atoms with Gasteiger partial charge in [-0.3, -0.25) is 0 Å². The van der Waals surface area contributed by atoms with E-state index in [4.69, 9.17) is 0 Å². The molecule has 0 bridgehead atoms. The summed E-state index contributed by atoms with van der Waals surface area (Å²) in [6.07, 6.45) is 0. The van der Waals surface area contributed by atoms with Crippen molar-refractivity contribution in [3.05, 3.63) is 48.0 Å². The monoisotopic (exact) mass is 276 g/mol. The molecule has 0 atom stereocenters. The average molecular weight is 276 g/mol. The second-order valence-electron chi connectivity index (χ2n) is 4.15. The largest absolute Gasteiger partial charge is 0.207 e. The zero-order valence-corrected chi connectivity index (χ0v) is 10.7. The summed E-state index contributed by atoms with van der Waals surface area (Å²) in [7, 11) is 0. The highest BCUT2D eigenvalue weighted by Crippen LogP contribution is 2.44. The van der Waals surface area contributed by atoms with Gasteiger partial charge >= 0.3 is 0 Å². The van der Waals surface area contributed by atoms with Crippen LogP contribution in [0.25, 0.3) is 29.6 Å². The van der Waals surface area contributed by atoms with Crippen LogP contribution in [0, 0.1) is 11.6 Å². The molecule has 0 aliphatic rings. The predicted molar refractivity (Wildman–Crippen MR) is 74.6 cm³/mol. The van der Waals surface area contributed by atoms with Gasteiger partial charge in [0.2, 0.25) is 0 Å². The fraction of sp³-hybridized carbons (Fsp3) is 0. The van der Waals surface area contributed by atoms with E-state index in [1.54, 1.807) is 46.9 Å². The number of hydrogen-bond acceptors (Lipinski definition) is 2. The molecule has 0 fully saturated rings. The minimum atomic E-state index is -0.216. The van der Waals surface area contributed by atoms with Crippen LogP contribution in [0.15, 0.2) is 36.4 Å². The Bertz CT molecular complexity index is 831. The van der Waals surface area contributed by atoms with Gasteiger partial charge in [-0.15, -0.1) is 22.7 Å². The molecule has 2 heterocycles. The molecule has 0 aliphatic carbocycles. The number of thiophene rings is 2. The van der Waals surface area contributed by atoms with Crippen molar-refractivity contribution in [3.8, 4) is 0 Å². The second-order valence-corrected chi connectivity index (χ2v) is 6.51. The molecule has 0 spiro atoms. The van der Waals surface area contributed by atoms with Gasteiger partial charge in [0.05, 0.1) is 4.01 Å². The average Bonchev–Trinajstić information content (AvgIpc) is 2.82. The molecule has 4 heteroatoms. The van der Waals surface area contributed by atoms with Gasteiger partial charge in [0.1, 0.15) is 11.6 Å². The summed E-state index contributed by atoms with van der Waals surface area (Å²) in [5.74, 6) is -0.432. The molecule has 4 aromatic rings. The lowest BCUT2D eigenvalue weighted by atomic mass is 10.1. The maximum Gasteiger partial charge on any atom is 0.124 e. The first-order valence-corrected chi connectivity index (χ1v) is 7.05. The molecule has 4 rings (SSSR count). The van der Waals surface area contributed by atoms with E-state index in [1.807, 2.05) is 0 Å². The van der Waals surface area contributed by atoms with Crippen LogP contribution >= 0.6 is 22.7 Å². The molecule has 0 amide bonds. The lowest BCUT2D eigenvalue weighted by Crippen LogP contribution is -1.72. The van der Waals surface area contributed by atoms with E-state index in [2.05, 4.69) is 0 Å². The number of hydrogen-bond donors (Lipinski definition) is 0. The third-order valence-electron chi connectivity index (χ3n) is 3.04. The molecular weight excluding hydrogens is 270 g/mol. The minimum absolute atomic E-state index is 0.216. The van der Waals surface area contributed by atoms with Crippen LogP contribution in [-0.2, 0) is 0 Å². The van der Waals surface area contributed by atoms with Gasteiger partial charge < -0.3 is 0 Å². The summed E-state index contributed by atoms with van der Waals surface area (Å²) in [6, 6.07) is 9.67. The molecule has 0 saturated heterocycles. The minimum Gasteiger partial charge on any atom is -0.207 e. The standard InChI is InChI=1S/C14H6F2S2/c15-7-1-3-9-11(5-7)17-14-13(9)10-4-2-8(16)6-12(10)18-14/h1-6H. The van der Waals surface area contributed by atoms with Crippen molar-refractivity contribution in [2.75, 3.05) is 0 Å². The lowest BCUT2D eigenvalue weighted by molar-refractivity contribution is 0.629. The fourth-order valence-corrected chi connectivity index (χ4v) is 4.91. The van der Waals surface area contributed by atoms with E-state index in [-0.39, 0.29) is 11.6 Å². The number of fused-ring (bicyclic) bond motifs is 5. The molecule has 0 unspecified atom stereocenters. The Hall–Kier alpha value is -1.52. The summed E-state index contributed by atoms with van der Waals surface area (Å²) in [5.41, 5.74) is 0. The van der Waals surface area contributed by atoms with Crippen LogP contribution in [0.4, 0.5) is 8.78 Å². The highest BCUT2D eigenvalue weighted by Gasteiger charge is 2.12. The molecule has 0 N–H and O–H groups in total. The maximum absolute atomic E-state index is 13.2. The normalized spacial score (nSPS) is 11.9. The molecule has 0 aliphatic heterocycles. The van der Waals surface area contributed by atoms with Gasteiger partial charge in [-0.05, 0) is 36.4 Å². The third-order valence-corrected chi connectivity index (χ3v) is 5.43. The molecule has 88 valence electrons. The molecule has 18 heavy (non-hydrogen) atoms. The SMILES string of the molecule is Fc1ccc2c(c1)sc1sc3cc(F)ccc3c12. The Kier molecular flexibility index (Phi) is 2.02. The Balaban J connectivity index is 2.25. The molecule has 2 aromatic heterocycles. The summed E-state index contributed by atoms with van der Waals surface area (Å²) in [4.78, 5) is 0. The van der Waals surface area contributed by atoms with E-state index in [9.17, 15) is 8.78 Å². The van der Waals surface area contributed by atoms with Crippen molar-refractivity contribution in [2.45, 2.75) is 0 Å². The molecule has 0 radical (unpaired) electrons. The van der Waals surface area contributed by atoms with Gasteiger partial charge in [-0.25, -0.2) is 8.78 Å². The Morgan fingerprint density at radius 1 is 0.722 bits per heavy atom. The number of rotatable bonds is 0. The van der Waals surface area contributed by atoms with Gasteiger partial charge in [-0.1, -0.05) is 0 Å². The van der Waals surface area contributed by atoms with Crippen LogP contribution in [-0.4, -0.2) is 0 Å². The zero-order valence-electron chi connectivity index (χ0n) is 9.04.